The van der Waals surface area contributed by atoms with Gasteiger partial charge in [0.2, 0.25) is 5.91 Å². The Bertz CT molecular complexity index is 927. The molecule has 0 unspecified atom stereocenters. The van der Waals surface area contributed by atoms with E-state index in [9.17, 15) is 18.0 Å². The summed E-state index contributed by atoms with van der Waals surface area (Å²) in [6.45, 7) is 4.24. The van der Waals surface area contributed by atoms with Crippen molar-refractivity contribution in [3.05, 3.63) is 23.8 Å². The second-order valence-electron chi connectivity index (χ2n) is 8.61. The second-order valence-corrected chi connectivity index (χ2v) is 10.9. The second kappa shape index (κ2) is 8.45. The highest BCUT2D eigenvalue weighted by Gasteiger charge is 2.51. The minimum Gasteiger partial charge on any atom is -0.371 e. The molecule has 30 heavy (non-hydrogen) atoms. The van der Waals surface area contributed by atoms with E-state index >= 15 is 0 Å². The summed E-state index contributed by atoms with van der Waals surface area (Å²) in [5.41, 5.74) is 3.18. The lowest BCUT2D eigenvalue weighted by molar-refractivity contribution is -0.116. The summed E-state index contributed by atoms with van der Waals surface area (Å²) in [7, 11) is -3.22. The molecule has 3 fully saturated rings. The first-order chi connectivity index (χ1) is 14.3. The lowest BCUT2D eigenvalue weighted by Crippen LogP contribution is -2.39. The number of benzene rings is 1. The zero-order chi connectivity index (χ0) is 21.3. The number of amides is 3. The third kappa shape index (κ3) is 4.40. The molecule has 0 radical (unpaired) electrons. The Kier molecular flexibility index (Phi) is 5.90. The number of anilines is 2. The van der Waals surface area contributed by atoms with E-state index in [-0.39, 0.29) is 29.8 Å². The molecule has 3 atom stereocenters. The maximum atomic E-state index is 12.3. The summed E-state index contributed by atoms with van der Waals surface area (Å²) in [5, 5.41) is 7.77. The fraction of sp³-hybridized carbons (Fsp3) is 0.619. The largest absolute Gasteiger partial charge is 0.371 e. The van der Waals surface area contributed by atoms with Gasteiger partial charge < -0.3 is 20.9 Å². The van der Waals surface area contributed by atoms with Gasteiger partial charge in [-0.25, -0.2) is 13.2 Å². The molecule has 3 amide bonds. The Balaban J connectivity index is 1.23. The van der Waals surface area contributed by atoms with Crippen LogP contribution in [-0.2, 0) is 14.6 Å². The number of carbonyl (C=O) groups is 2. The van der Waals surface area contributed by atoms with Crippen molar-refractivity contribution < 1.29 is 18.0 Å². The van der Waals surface area contributed by atoms with Crippen molar-refractivity contribution in [1.29, 1.82) is 0 Å². The summed E-state index contributed by atoms with van der Waals surface area (Å²) < 4.78 is 24.7. The van der Waals surface area contributed by atoms with Crippen LogP contribution in [-0.4, -0.2) is 56.5 Å². The van der Waals surface area contributed by atoms with Crippen LogP contribution in [0.2, 0.25) is 0 Å². The fourth-order valence-electron chi connectivity index (χ4n) is 4.91. The minimum atomic E-state index is -3.22. The number of fused-ring (bicyclic) bond motifs is 1. The first-order valence-electron chi connectivity index (χ1n) is 10.8. The van der Waals surface area contributed by atoms with Crippen LogP contribution in [0.4, 0.5) is 16.2 Å². The summed E-state index contributed by atoms with van der Waals surface area (Å²) in [5.74, 6) is -0.0692. The molecule has 0 spiro atoms. The van der Waals surface area contributed by atoms with E-state index in [1.165, 1.54) is 18.5 Å². The van der Waals surface area contributed by atoms with Gasteiger partial charge >= 0.3 is 6.03 Å². The van der Waals surface area contributed by atoms with Gasteiger partial charge in [0.25, 0.3) is 0 Å². The molecule has 0 bridgehead atoms. The van der Waals surface area contributed by atoms with Crippen molar-refractivity contribution in [3.63, 3.8) is 0 Å². The standard InChI is InChI=1S/C21H30N4O4S/c1-14-12-15(8-9-17(14)25-10-4-5-11-25)22-19(26)7-3-2-6-18-20-16(13-30(18,28)29)23-21(27)24-20/h8-9,12,16,18,20H,2-7,10-11,13H2,1H3,(H,22,26)(H2,23,24,27)/t16-,18+,20-/m0/s1. The van der Waals surface area contributed by atoms with Crippen molar-refractivity contribution in [3.8, 4) is 0 Å². The van der Waals surface area contributed by atoms with Gasteiger partial charge in [0.1, 0.15) is 0 Å². The van der Waals surface area contributed by atoms with Crippen LogP contribution in [0.15, 0.2) is 18.2 Å². The minimum absolute atomic E-state index is 0.00562. The maximum Gasteiger partial charge on any atom is 0.315 e. The van der Waals surface area contributed by atoms with Crippen molar-refractivity contribution >= 4 is 33.2 Å². The average Bonchev–Trinajstić information content (AvgIpc) is 3.35. The third-order valence-electron chi connectivity index (χ3n) is 6.39. The number of rotatable bonds is 7. The molecule has 3 heterocycles. The van der Waals surface area contributed by atoms with Crippen molar-refractivity contribution in [2.24, 2.45) is 0 Å². The summed E-state index contributed by atoms with van der Waals surface area (Å²) in [6.07, 6.45) is 4.50. The number of unbranched alkanes of at least 4 members (excludes halogenated alkanes) is 1. The number of aryl methyl sites for hydroxylation is 1. The normalized spacial score (nSPS) is 26.9. The van der Waals surface area contributed by atoms with E-state index in [2.05, 4.69) is 33.8 Å². The first-order valence-corrected chi connectivity index (χ1v) is 12.5. The molecule has 3 aliphatic heterocycles. The molecule has 164 valence electrons. The van der Waals surface area contributed by atoms with E-state index in [0.717, 1.165) is 24.3 Å². The Morgan fingerprint density at radius 1 is 1.20 bits per heavy atom. The third-order valence-corrected chi connectivity index (χ3v) is 8.67. The number of urea groups is 1. The van der Waals surface area contributed by atoms with Gasteiger partial charge in [0.05, 0.1) is 23.1 Å². The van der Waals surface area contributed by atoms with Crippen molar-refractivity contribution in [1.82, 2.24) is 10.6 Å². The quantitative estimate of drug-likeness (QED) is 0.449. The molecular weight excluding hydrogens is 404 g/mol. The molecule has 1 aromatic carbocycles. The topological polar surface area (TPSA) is 108 Å². The Hall–Kier alpha value is -2.29. The lowest BCUT2D eigenvalue weighted by atomic mass is 10.0. The molecule has 4 rings (SSSR count). The van der Waals surface area contributed by atoms with E-state index in [4.69, 9.17) is 0 Å². The lowest BCUT2D eigenvalue weighted by Gasteiger charge is -2.20. The van der Waals surface area contributed by atoms with Crippen LogP contribution < -0.4 is 20.9 Å². The van der Waals surface area contributed by atoms with Gasteiger partial charge in [-0.15, -0.1) is 0 Å². The van der Waals surface area contributed by atoms with Crippen molar-refractivity contribution in [2.75, 3.05) is 29.1 Å². The number of nitrogens with zero attached hydrogens (tertiary/aromatic N) is 1. The fourth-order valence-corrected chi connectivity index (χ4v) is 7.17. The van der Waals surface area contributed by atoms with E-state index in [1.807, 2.05) is 12.1 Å². The first kappa shape index (κ1) is 21.0. The molecular formula is C21H30N4O4S. The average molecular weight is 435 g/mol. The van der Waals surface area contributed by atoms with Gasteiger partial charge in [0.15, 0.2) is 9.84 Å². The van der Waals surface area contributed by atoms with Crippen LogP contribution in [0, 0.1) is 6.92 Å². The van der Waals surface area contributed by atoms with Crippen LogP contribution in [0.25, 0.3) is 0 Å². The summed E-state index contributed by atoms with van der Waals surface area (Å²) in [6, 6.07) is 5.04. The highest BCUT2D eigenvalue weighted by molar-refractivity contribution is 7.92. The van der Waals surface area contributed by atoms with Gasteiger partial charge in [-0.1, -0.05) is 6.42 Å². The molecule has 8 nitrogen and oxygen atoms in total. The number of hydrogen-bond donors (Lipinski definition) is 3. The molecule has 0 aromatic heterocycles. The smallest absolute Gasteiger partial charge is 0.315 e. The van der Waals surface area contributed by atoms with Crippen LogP contribution in [0.3, 0.4) is 0 Å². The molecule has 0 saturated carbocycles. The highest BCUT2D eigenvalue weighted by atomic mass is 32.2. The monoisotopic (exact) mass is 434 g/mol. The van der Waals surface area contributed by atoms with E-state index in [0.29, 0.717) is 25.7 Å². The molecule has 1 aromatic rings. The molecule has 3 saturated heterocycles. The zero-order valence-electron chi connectivity index (χ0n) is 17.3. The van der Waals surface area contributed by atoms with Gasteiger partial charge in [-0.2, -0.15) is 0 Å². The van der Waals surface area contributed by atoms with Crippen LogP contribution >= 0.6 is 0 Å². The Morgan fingerprint density at radius 3 is 2.70 bits per heavy atom. The van der Waals surface area contributed by atoms with E-state index < -0.39 is 15.1 Å². The number of nitrogens with one attached hydrogen (secondary N) is 3. The number of sulfone groups is 1. The van der Waals surface area contributed by atoms with E-state index in [1.54, 1.807) is 0 Å². The zero-order valence-corrected chi connectivity index (χ0v) is 18.1. The van der Waals surface area contributed by atoms with Gasteiger partial charge in [0, 0.05) is 30.9 Å². The van der Waals surface area contributed by atoms with Crippen LogP contribution in [0.5, 0.6) is 0 Å². The molecule has 3 N–H and O–H groups in total. The number of hydrogen-bond acceptors (Lipinski definition) is 5. The predicted octanol–water partition coefficient (Wildman–Crippen LogP) is 1.94. The van der Waals surface area contributed by atoms with Gasteiger partial charge in [-0.3, -0.25) is 4.79 Å². The Morgan fingerprint density at radius 2 is 1.97 bits per heavy atom. The predicted molar refractivity (Wildman–Crippen MR) is 117 cm³/mol. The van der Waals surface area contributed by atoms with Crippen molar-refractivity contribution in [2.45, 2.75) is 62.8 Å². The maximum absolute atomic E-state index is 12.3. The van der Waals surface area contributed by atoms with Crippen LogP contribution in [0.1, 0.15) is 44.1 Å². The SMILES string of the molecule is Cc1cc(NC(=O)CCCC[C@@H]2[C@H]3NC(=O)N[C@H]3CS2(=O)=O)ccc1N1CCCC1. The number of carbonyl (C=O) groups excluding carboxylic acids is 2. The summed E-state index contributed by atoms with van der Waals surface area (Å²) in [4.78, 5) is 26.1. The molecule has 9 heteroatoms. The summed E-state index contributed by atoms with van der Waals surface area (Å²) >= 11 is 0. The molecule has 0 aliphatic carbocycles. The highest BCUT2D eigenvalue weighted by Crippen LogP contribution is 2.29. The van der Waals surface area contributed by atoms with Gasteiger partial charge in [-0.05, 0) is 56.4 Å². The Labute approximate surface area is 177 Å². The molecule has 3 aliphatic rings.